The maximum absolute atomic E-state index is 11.6. The van der Waals surface area contributed by atoms with Crippen molar-refractivity contribution in [3.63, 3.8) is 0 Å². The smallest absolute Gasteiger partial charge is 0.325 e. The fraction of sp³-hybridized carbons (Fsp3) is 0.917. The maximum Gasteiger partial charge on any atom is 0.325 e. The highest BCUT2D eigenvalue weighted by Gasteiger charge is 2.29. The molecule has 0 heterocycles. The molecular weight excluding hydrogens is 190 g/mol. The molecule has 0 aromatic heterocycles. The van der Waals surface area contributed by atoms with Crippen LogP contribution >= 0.6 is 0 Å². The zero-order valence-electron chi connectivity index (χ0n) is 10.1. The van der Waals surface area contributed by atoms with E-state index in [0.717, 1.165) is 0 Å². The van der Waals surface area contributed by atoms with Gasteiger partial charge in [-0.05, 0) is 39.5 Å². The predicted molar refractivity (Wildman–Crippen MR) is 60.4 cm³/mol. The average molecular weight is 213 g/mol. The summed E-state index contributed by atoms with van der Waals surface area (Å²) in [5.74, 6) is 0.241. The summed E-state index contributed by atoms with van der Waals surface area (Å²) in [5.41, 5.74) is 4.81. The van der Waals surface area contributed by atoms with E-state index in [4.69, 9.17) is 10.5 Å². The zero-order chi connectivity index (χ0) is 11.5. The van der Waals surface area contributed by atoms with Gasteiger partial charge >= 0.3 is 5.97 Å². The van der Waals surface area contributed by atoms with Gasteiger partial charge in [0.15, 0.2) is 0 Å². The molecule has 0 amide bonds. The van der Waals surface area contributed by atoms with Gasteiger partial charge in [0.05, 0.1) is 0 Å². The van der Waals surface area contributed by atoms with Crippen LogP contribution in [0.4, 0.5) is 0 Å². The summed E-state index contributed by atoms with van der Waals surface area (Å²) < 4.78 is 5.39. The second kappa shape index (κ2) is 4.97. The number of hydrogen-bond donors (Lipinski definition) is 1. The highest BCUT2D eigenvalue weighted by molar-refractivity contribution is 5.79. The number of ether oxygens (including phenoxy) is 1. The highest BCUT2D eigenvalue weighted by atomic mass is 16.5. The lowest BCUT2D eigenvalue weighted by molar-refractivity contribution is -0.156. The van der Waals surface area contributed by atoms with E-state index in [2.05, 4.69) is 0 Å². The number of esters is 1. The van der Waals surface area contributed by atoms with Gasteiger partial charge in [-0.1, -0.05) is 19.3 Å². The fourth-order valence-corrected chi connectivity index (χ4v) is 2.02. The van der Waals surface area contributed by atoms with Gasteiger partial charge in [0.2, 0.25) is 0 Å². The van der Waals surface area contributed by atoms with Gasteiger partial charge < -0.3 is 10.5 Å². The molecule has 0 aliphatic heterocycles. The molecule has 1 aliphatic carbocycles. The van der Waals surface area contributed by atoms with Gasteiger partial charge in [-0.25, -0.2) is 0 Å². The van der Waals surface area contributed by atoms with E-state index in [1.807, 2.05) is 6.92 Å². The minimum atomic E-state index is -0.872. The summed E-state index contributed by atoms with van der Waals surface area (Å²) >= 11 is 0. The first-order chi connectivity index (χ1) is 6.91. The van der Waals surface area contributed by atoms with Crippen molar-refractivity contribution >= 4 is 5.97 Å². The van der Waals surface area contributed by atoms with Gasteiger partial charge in [0.25, 0.3) is 0 Å². The van der Waals surface area contributed by atoms with Gasteiger partial charge in [-0.15, -0.1) is 0 Å². The van der Waals surface area contributed by atoms with Gasteiger partial charge in [-0.3, -0.25) is 4.79 Å². The van der Waals surface area contributed by atoms with Crippen LogP contribution in [0.15, 0.2) is 0 Å². The Labute approximate surface area is 92.4 Å². The van der Waals surface area contributed by atoms with Crippen LogP contribution in [0.2, 0.25) is 0 Å². The first kappa shape index (κ1) is 12.5. The Morgan fingerprint density at radius 3 is 2.33 bits per heavy atom. The number of carbonyl (C=O) groups is 1. The largest absolute Gasteiger partial charge is 0.461 e. The molecule has 1 saturated carbocycles. The van der Waals surface area contributed by atoms with Crippen molar-refractivity contribution < 1.29 is 9.53 Å². The van der Waals surface area contributed by atoms with Crippen LogP contribution in [0, 0.1) is 5.92 Å². The normalized spacial score (nSPS) is 21.1. The average Bonchev–Trinajstić information content (AvgIpc) is 2.17. The minimum absolute atomic E-state index is 0.0145. The second-order valence-electron chi connectivity index (χ2n) is 5.23. The lowest BCUT2D eigenvalue weighted by Crippen LogP contribution is -2.45. The Balaban J connectivity index is 2.40. The Morgan fingerprint density at radius 1 is 1.33 bits per heavy atom. The summed E-state index contributed by atoms with van der Waals surface area (Å²) in [6.45, 7) is 5.35. The van der Waals surface area contributed by atoms with E-state index < -0.39 is 5.54 Å². The molecule has 15 heavy (non-hydrogen) atoms. The number of rotatable bonds is 3. The molecular formula is C12H23NO2. The standard InChI is InChI=1S/C12H23NO2/c1-9(10-7-5-4-6-8-10)15-11(14)12(2,3)13/h9-10H,4-8,13H2,1-3H3. The maximum atomic E-state index is 11.6. The summed E-state index contributed by atoms with van der Waals surface area (Å²) in [6.07, 6.45) is 6.22. The SMILES string of the molecule is CC(OC(=O)C(C)(C)N)C1CCCCC1. The molecule has 1 atom stereocenters. The molecule has 1 fully saturated rings. The van der Waals surface area contributed by atoms with Crippen LogP contribution in [0.25, 0.3) is 0 Å². The van der Waals surface area contributed by atoms with Gasteiger partial charge in [-0.2, -0.15) is 0 Å². The molecule has 3 heteroatoms. The van der Waals surface area contributed by atoms with Crippen LogP contribution in [0.3, 0.4) is 0 Å². The molecule has 2 N–H and O–H groups in total. The third kappa shape index (κ3) is 3.82. The monoisotopic (exact) mass is 213 g/mol. The molecule has 0 spiro atoms. The zero-order valence-corrected chi connectivity index (χ0v) is 10.1. The molecule has 0 bridgehead atoms. The number of hydrogen-bond acceptors (Lipinski definition) is 3. The molecule has 0 aromatic carbocycles. The van der Waals surface area contributed by atoms with Crippen molar-refractivity contribution in [2.24, 2.45) is 11.7 Å². The molecule has 1 unspecified atom stereocenters. The lowest BCUT2D eigenvalue weighted by atomic mass is 9.86. The Kier molecular flexibility index (Phi) is 4.14. The fourth-order valence-electron chi connectivity index (χ4n) is 2.02. The Hall–Kier alpha value is -0.570. The van der Waals surface area contributed by atoms with E-state index in [-0.39, 0.29) is 12.1 Å². The molecule has 1 aliphatic rings. The summed E-state index contributed by atoms with van der Waals surface area (Å²) in [6, 6.07) is 0. The van der Waals surface area contributed by atoms with Gasteiger partial charge in [0.1, 0.15) is 11.6 Å². The summed E-state index contributed by atoms with van der Waals surface area (Å²) in [7, 11) is 0. The van der Waals surface area contributed by atoms with Crippen LogP contribution in [0.1, 0.15) is 52.9 Å². The topological polar surface area (TPSA) is 52.3 Å². The molecule has 88 valence electrons. The van der Waals surface area contributed by atoms with E-state index >= 15 is 0 Å². The van der Waals surface area contributed by atoms with Crippen LogP contribution in [0.5, 0.6) is 0 Å². The Morgan fingerprint density at radius 2 is 1.87 bits per heavy atom. The van der Waals surface area contributed by atoms with Crippen molar-refractivity contribution in [3.8, 4) is 0 Å². The van der Waals surface area contributed by atoms with Crippen LogP contribution in [-0.4, -0.2) is 17.6 Å². The van der Waals surface area contributed by atoms with Gasteiger partial charge in [0, 0.05) is 0 Å². The molecule has 3 nitrogen and oxygen atoms in total. The summed E-state index contributed by atoms with van der Waals surface area (Å²) in [5, 5.41) is 0. The third-order valence-corrected chi connectivity index (χ3v) is 3.13. The van der Waals surface area contributed by atoms with Crippen LogP contribution < -0.4 is 5.73 Å². The number of carbonyl (C=O) groups excluding carboxylic acids is 1. The third-order valence-electron chi connectivity index (χ3n) is 3.13. The van der Waals surface area contributed by atoms with E-state index in [0.29, 0.717) is 5.92 Å². The number of nitrogens with two attached hydrogens (primary N) is 1. The predicted octanol–water partition coefficient (Wildman–Crippen LogP) is 2.24. The molecule has 0 aromatic rings. The van der Waals surface area contributed by atoms with E-state index in [1.54, 1.807) is 13.8 Å². The first-order valence-electron chi connectivity index (χ1n) is 5.91. The summed E-state index contributed by atoms with van der Waals surface area (Å²) in [4.78, 5) is 11.6. The van der Waals surface area contributed by atoms with Crippen molar-refractivity contribution in [2.75, 3.05) is 0 Å². The first-order valence-corrected chi connectivity index (χ1v) is 5.91. The van der Waals surface area contributed by atoms with Crippen molar-refractivity contribution in [3.05, 3.63) is 0 Å². The van der Waals surface area contributed by atoms with Crippen molar-refractivity contribution in [1.29, 1.82) is 0 Å². The van der Waals surface area contributed by atoms with E-state index in [1.165, 1.54) is 32.1 Å². The lowest BCUT2D eigenvalue weighted by Gasteiger charge is -2.29. The Bertz CT molecular complexity index is 214. The quantitative estimate of drug-likeness (QED) is 0.731. The van der Waals surface area contributed by atoms with Crippen molar-refractivity contribution in [1.82, 2.24) is 0 Å². The molecule has 0 saturated heterocycles. The van der Waals surface area contributed by atoms with E-state index in [9.17, 15) is 4.79 Å². The molecule has 1 rings (SSSR count). The second-order valence-corrected chi connectivity index (χ2v) is 5.23. The van der Waals surface area contributed by atoms with Crippen LogP contribution in [-0.2, 0) is 9.53 Å². The van der Waals surface area contributed by atoms with Crippen molar-refractivity contribution in [2.45, 2.75) is 64.5 Å². The minimum Gasteiger partial charge on any atom is -0.461 e. The highest BCUT2D eigenvalue weighted by Crippen LogP contribution is 2.28. The molecule has 0 radical (unpaired) electrons.